The molecule has 2 aromatic carbocycles. The number of primary amides is 1. The predicted octanol–water partition coefficient (Wildman–Crippen LogP) is 4.69. The zero-order chi connectivity index (χ0) is 33.3. The van der Waals surface area contributed by atoms with Gasteiger partial charge in [0.15, 0.2) is 5.60 Å². The molecule has 0 radical (unpaired) electrons. The molecular formula is C30H25ClF5N5O5. The summed E-state index contributed by atoms with van der Waals surface area (Å²) in [5.74, 6) is -3.94. The number of fused-ring (bicyclic) bond motifs is 2. The zero-order valence-corrected chi connectivity index (χ0v) is 24.9. The summed E-state index contributed by atoms with van der Waals surface area (Å²) in [5.41, 5.74) is -1.74. The number of carbonyl (C=O) groups is 2. The summed E-state index contributed by atoms with van der Waals surface area (Å²) in [6.07, 6.45) is 0.742. The minimum absolute atomic E-state index is 0.0112. The van der Waals surface area contributed by atoms with Crippen LogP contribution in [0, 0.1) is 11.6 Å². The number of aromatic nitrogens is 3. The van der Waals surface area contributed by atoms with Gasteiger partial charge in [-0.25, -0.2) is 22.8 Å². The van der Waals surface area contributed by atoms with Crippen molar-refractivity contribution in [2.24, 2.45) is 5.73 Å². The van der Waals surface area contributed by atoms with Crippen molar-refractivity contribution in [3.05, 3.63) is 70.0 Å². The van der Waals surface area contributed by atoms with E-state index in [4.69, 9.17) is 26.8 Å². The van der Waals surface area contributed by atoms with E-state index < -0.39 is 63.9 Å². The molecule has 3 heterocycles. The Morgan fingerprint density at radius 3 is 2.57 bits per heavy atom. The predicted molar refractivity (Wildman–Crippen MR) is 153 cm³/mol. The molecule has 0 bridgehead atoms. The molecule has 4 N–H and O–H groups in total. The van der Waals surface area contributed by atoms with Crippen LogP contribution in [0.2, 0.25) is 5.02 Å². The minimum atomic E-state index is -2.95. The highest BCUT2D eigenvalue weighted by Crippen LogP contribution is 2.55. The Balaban J connectivity index is 1.44. The number of rotatable bonds is 9. The van der Waals surface area contributed by atoms with Crippen LogP contribution in [0.5, 0.6) is 11.5 Å². The quantitative estimate of drug-likeness (QED) is 0.174. The zero-order valence-electron chi connectivity index (χ0n) is 24.1. The second-order valence-corrected chi connectivity index (χ2v) is 11.9. The Morgan fingerprint density at radius 1 is 1.22 bits per heavy atom. The summed E-state index contributed by atoms with van der Waals surface area (Å²) in [7, 11) is 1.26. The number of aliphatic hydroxyl groups is 1. The van der Waals surface area contributed by atoms with Crippen molar-refractivity contribution in [2.75, 3.05) is 20.3 Å². The fourth-order valence-corrected chi connectivity index (χ4v) is 5.67. The lowest BCUT2D eigenvalue weighted by molar-refractivity contribution is -0.123. The Kier molecular flexibility index (Phi) is 7.39. The van der Waals surface area contributed by atoms with E-state index in [9.17, 15) is 27.9 Å². The molecule has 1 saturated carbocycles. The standard InChI is InChI=1S/C30H25ClF5N5O5/c1-28(26(37)43)12-46-24-16(28)8-21(39-23(24)15-7-17(31)19(33)9-18(15)32)30(44,29(36)3-4-29)11-38-25(42)13-5-14-10-41(27(34)35)40-22(14)20(6-13)45-2/h5-10,27,44H,3-4,11-12H2,1-2H3,(H2,37,43)(H,38,42)/t28-,30?/m0/s1. The third-order valence-electron chi connectivity index (χ3n) is 8.51. The molecule has 242 valence electrons. The van der Waals surface area contributed by atoms with E-state index in [0.717, 1.165) is 12.3 Å². The van der Waals surface area contributed by atoms with Gasteiger partial charge in [-0.05, 0) is 44.0 Å². The summed E-state index contributed by atoms with van der Waals surface area (Å²) in [5, 5.41) is 17.9. The molecule has 0 saturated heterocycles. The maximum atomic E-state index is 16.1. The number of amides is 2. The van der Waals surface area contributed by atoms with E-state index in [1.54, 1.807) is 0 Å². The lowest BCUT2D eigenvalue weighted by atomic mass is 9.80. The van der Waals surface area contributed by atoms with Crippen LogP contribution in [-0.4, -0.2) is 57.6 Å². The van der Waals surface area contributed by atoms with Crippen LogP contribution in [0.25, 0.3) is 22.2 Å². The van der Waals surface area contributed by atoms with E-state index in [1.165, 1.54) is 32.2 Å². The van der Waals surface area contributed by atoms with Gasteiger partial charge in [-0.15, -0.1) is 0 Å². The third kappa shape index (κ3) is 4.88. The summed E-state index contributed by atoms with van der Waals surface area (Å²) in [6.45, 7) is -2.58. The monoisotopic (exact) mass is 665 g/mol. The Bertz CT molecular complexity index is 1940. The van der Waals surface area contributed by atoms with Crippen molar-refractivity contribution < 1.29 is 46.1 Å². The van der Waals surface area contributed by atoms with Crippen molar-refractivity contribution >= 4 is 34.3 Å². The first-order valence-corrected chi connectivity index (χ1v) is 14.2. The first kappa shape index (κ1) is 31.5. The van der Waals surface area contributed by atoms with E-state index in [1.807, 2.05) is 0 Å². The molecule has 16 heteroatoms. The molecule has 2 aromatic heterocycles. The summed E-state index contributed by atoms with van der Waals surface area (Å²) < 4.78 is 83.1. The van der Waals surface area contributed by atoms with Crippen LogP contribution >= 0.6 is 11.6 Å². The molecule has 46 heavy (non-hydrogen) atoms. The largest absolute Gasteiger partial charge is 0.494 e. The first-order chi connectivity index (χ1) is 21.6. The van der Waals surface area contributed by atoms with Crippen molar-refractivity contribution in [3.63, 3.8) is 0 Å². The van der Waals surface area contributed by atoms with Gasteiger partial charge < -0.3 is 25.6 Å². The third-order valence-corrected chi connectivity index (χ3v) is 8.80. The lowest BCUT2D eigenvalue weighted by Crippen LogP contribution is -2.49. The fourth-order valence-electron chi connectivity index (χ4n) is 5.51. The number of carbonyl (C=O) groups excluding carboxylic acids is 2. The van der Waals surface area contributed by atoms with Crippen LogP contribution in [0.15, 0.2) is 36.5 Å². The SMILES string of the molecule is COc1cc(C(=O)NCC(O)(c2cc3c(c(-c4cc(Cl)c(F)cc4F)n2)OC[C@]3(C)C(N)=O)C2(F)CC2)cc2cn(C(F)F)nc12. The van der Waals surface area contributed by atoms with Crippen molar-refractivity contribution in [2.45, 2.75) is 43.0 Å². The smallest absolute Gasteiger partial charge is 0.333 e. The highest BCUT2D eigenvalue weighted by molar-refractivity contribution is 6.31. The Morgan fingerprint density at radius 2 is 1.93 bits per heavy atom. The van der Waals surface area contributed by atoms with Crippen LogP contribution in [0.1, 0.15) is 47.9 Å². The van der Waals surface area contributed by atoms with Crippen molar-refractivity contribution in [1.29, 1.82) is 0 Å². The van der Waals surface area contributed by atoms with E-state index in [-0.39, 0.29) is 64.2 Å². The minimum Gasteiger partial charge on any atom is -0.494 e. The van der Waals surface area contributed by atoms with Gasteiger partial charge in [-0.2, -0.15) is 13.9 Å². The average Bonchev–Trinajstić information content (AvgIpc) is 3.47. The van der Waals surface area contributed by atoms with Crippen LogP contribution in [0.4, 0.5) is 22.0 Å². The van der Waals surface area contributed by atoms with Gasteiger partial charge in [0.25, 0.3) is 5.91 Å². The normalized spacial score (nSPS) is 19.4. The summed E-state index contributed by atoms with van der Waals surface area (Å²) in [6, 6.07) is 5.16. The van der Waals surface area contributed by atoms with Gasteiger partial charge in [-0.3, -0.25) is 9.59 Å². The molecule has 2 aliphatic rings. The number of ether oxygens (including phenoxy) is 2. The molecule has 10 nitrogen and oxygen atoms in total. The van der Waals surface area contributed by atoms with Crippen molar-refractivity contribution in [1.82, 2.24) is 20.1 Å². The second kappa shape index (κ2) is 10.8. The first-order valence-electron chi connectivity index (χ1n) is 13.8. The van der Waals surface area contributed by atoms with E-state index in [0.29, 0.717) is 10.7 Å². The lowest BCUT2D eigenvalue weighted by Gasteiger charge is -2.33. The molecule has 6 rings (SSSR count). The van der Waals surface area contributed by atoms with E-state index >= 15 is 8.78 Å². The molecule has 1 fully saturated rings. The molecule has 0 spiro atoms. The maximum Gasteiger partial charge on any atom is 0.333 e. The molecule has 1 unspecified atom stereocenters. The maximum absolute atomic E-state index is 16.1. The Labute approximate surface area is 262 Å². The number of nitrogens with one attached hydrogen (secondary N) is 1. The van der Waals surface area contributed by atoms with Gasteiger partial charge in [0.1, 0.15) is 52.0 Å². The fraction of sp³-hybridized carbons (Fsp3) is 0.333. The number of nitrogens with two attached hydrogens (primary N) is 1. The number of pyridine rings is 1. The molecule has 2 atom stereocenters. The van der Waals surface area contributed by atoms with Gasteiger partial charge in [0.2, 0.25) is 5.91 Å². The Hall–Kier alpha value is -4.50. The number of nitrogens with zero attached hydrogens (tertiary/aromatic N) is 3. The van der Waals surface area contributed by atoms with Gasteiger partial charge in [0.05, 0.1) is 24.4 Å². The molecule has 4 aromatic rings. The average molecular weight is 666 g/mol. The highest BCUT2D eigenvalue weighted by Gasteiger charge is 2.62. The number of benzene rings is 2. The number of halogens is 6. The van der Waals surface area contributed by atoms with Crippen LogP contribution in [0.3, 0.4) is 0 Å². The molecule has 1 aliphatic heterocycles. The number of hydrogen-bond donors (Lipinski definition) is 3. The topological polar surface area (TPSA) is 142 Å². The van der Waals surface area contributed by atoms with Crippen LogP contribution < -0.4 is 20.5 Å². The molecule has 1 aliphatic carbocycles. The number of alkyl halides is 3. The summed E-state index contributed by atoms with van der Waals surface area (Å²) >= 11 is 5.93. The van der Waals surface area contributed by atoms with Crippen molar-refractivity contribution in [3.8, 4) is 22.8 Å². The van der Waals surface area contributed by atoms with Gasteiger partial charge >= 0.3 is 6.55 Å². The highest BCUT2D eigenvalue weighted by atomic mass is 35.5. The van der Waals surface area contributed by atoms with Gasteiger partial charge in [-0.1, -0.05) is 11.6 Å². The van der Waals surface area contributed by atoms with Crippen LogP contribution in [-0.2, 0) is 15.8 Å². The number of methoxy groups -OCH3 is 1. The molecule has 2 amide bonds. The van der Waals surface area contributed by atoms with E-state index in [2.05, 4.69) is 15.4 Å². The second-order valence-electron chi connectivity index (χ2n) is 11.5. The molecular weight excluding hydrogens is 641 g/mol. The number of hydrogen-bond acceptors (Lipinski definition) is 7. The van der Waals surface area contributed by atoms with Gasteiger partial charge in [0, 0.05) is 34.3 Å². The summed E-state index contributed by atoms with van der Waals surface area (Å²) in [4.78, 5) is 30.2.